The molecule has 0 aromatic heterocycles. The molecule has 0 rings (SSSR count). The zero-order chi connectivity index (χ0) is 9.78. The van der Waals surface area contributed by atoms with E-state index in [-0.39, 0.29) is 12.0 Å². The SMILES string of the molecule is CC(C)OP(O)(=S)OC(F)CCl. The quantitative estimate of drug-likeness (QED) is 0.587. The molecule has 0 aliphatic heterocycles. The van der Waals surface area contributed by atoms with Gasteiger partial charge >= 0.3 is 6.72 Å². The largest absolute Gasteiger partial charge is 0.327 e. The summed E-state index contributed by atoms with van der Waals surface area (Å²) in [4.78, 5) is 9.17. The highest BCUT2D eigenvalue weighted by Crippen LogP contribution is 2.46. The molecule has 0 fully saturated rings. The van der Waals surface area contributed by atoms with Crippen molar-refractivity contribution in [2.45, 2.75) is 26.3 Å². The van der Waals surface area contributed by atoms with Crippen LogP contribution in [0.15, 0.2) is 0 Å². The highest BCUT2D eigenvalue weighted by molar-refractivity contribution is 8.07. The molecule has 2 unspecified atom stereocenters. The minimum atomic E-state index is -3.45. The Kier molecular flexibility index (Phi) is 5.82. The average Bonchev–Trinajstić information content (AvgIpc) is 1.83. The molecule has 0 aromatic rings. The molecule has 0 aliphatic rings. The highest BCUT2D eigenvalue weighted by Gasteiger charge is 2.22. The monoisotopic (exact) mass is 236 g/mol. The first-order valence-electron chi connectivity index (χ1n) is 3.27. The lowest BCUT2D eigenvalue weighted by Crippen LogP contribution is -2.09. The maximum Gasteiger partial charge on any atom is 0.327 e. The summed E-state index contributed by atoms with van der Waals surface area (Å²) >= 11 is 9.59. The maximum absolute atomic E-state index is 12.4. The smallest absolute Gasteiger partial charge is 0.324 e. The van der Waals surface area contributed by atoms with Gasteiger partial charge in [0.25, 0.3) is 0 Å². The van der Waals surface area contributed by atoms with Crippen LogP contribution >= 0.6 is 18.3 Å². The predicted molar refractivity (Wildman–Crippen MR) is 49.4 cm³/mol. The molecule has 0 spiro atoms. The lowest BCUT2D eigenvalue weighted by molar-refractivity contribution is 0.0532. The van der Waals surface area contributed by atoms with E-state index >= 15 is 0 Å². The summed E-state index contributed by atoms with van der Waals surface area (Å²) in [6.07, 6.45) is -2.08. The molecule has 0 amide bonds. The highest BCUT2D eigenvalue weighted by atomic mass is 35.5. The predicted octanol–water partition coefficient (Wildman–Crippen LogP) is 2.18. The first-order valence-corrected chi connectivity index (χ1v) is 6.39. The third kappa shape index (κ3) is 6.29. The molecule has 0 aliphatic carbocycles. The van der Waals surface area contributed by atoms with Crippen molar-refractivity contribution < 1.29 is 18.3 Å². The summed E-state index contributed by atoms with van der Waals surface area (Å²) in [5.74, 6) is -0.375. The van der Waals surface area contributed by atoms with Crippen molar-refractivity contribution in [3.8, 4) is 0 Å². The Morgan fingerprint density at radius 3 is 2.42 bits per heavy atom. The zero-order valence-electron chi connectivity index (χ0n) is 6.74. The van der Waals surface area contributed by atoms with Crippen LogP contribution in [-0.2, 0) is 20.9 Å². The normalized spacial score (nSPS) is 19.2. The Morgan fingerprint density at radius 2 is 2.08 bits per heavy atom. The van der Waals surface area contributed by atoms with E-state index in [1.54, 1.807) is 13.8 Å². The number of alkyl halides is 2. The van der Waals surface area contributed by atoms with Gasteiger partial charge in [-0.05, 0) is 25.7 Å². The molecule has 74 valence electrons. The van der Waals surface area contributed by atoms with Crippen molar-refractivity contribution >= 4 is 30.1 Å². The van der Waals surface area contributed by atoms with Crippen molar-refractivity contribution in [3.63, 3.8) is 0 Å². The van der Waals surface area contributed by atoms with Gasteiger partial charge in [-0.1, -0.05) is 0 Å². The number of rotatable bonds is 5. The van der Waals surface area contributed by atoms with Crippen LogP contribution in [0.5, 0.6) is 0 Å². The molecule has 0 saturated carbocycles. The van der Waals surface area contributed by atoms with E-state index < -0.39 is 13.1 Å². The van der Waals surface area contributed by atoms with E-state index in [4.69, 9.17) is 21.0 Å². The Morgan fingerprint density at radius 1 is 1.58 bits per heavy atom. The number of halogens is 2. The topological polar surface area (TPSA) is 38.7 Å². The first kappa shape index (κ1) is 12.8. The Hall–Kier alpha value is 0.750. The molecular formula is C5H11ClFO3PS. The van der Waals surface area contributed by atoms with Crippen LogP contribution in [0.3, 0.4) is 0 Å². The number of hydrogen-bond acceptors (Lipinski definition) is 3. The van der Waals surface area contributed by atoms with Gasteiger partial charge in [-0.2, -0.15) is 0 Å². The third-order valence-corrected chi connectivity index (χ3v) is 2.66. The van der Waals surface area contributed by atoms with Crippen LogP contribution in [0.4, 0.5) is 4.39 Å². The second kappa shape index (κ2) is 5.47. The molecule has 12 heavy (non-hydrogen) atoms. The van der Waals surface area contributed by atoms with E-state index in [0.29, 0.717) is 0 Å². The minimum absolute atomic E-state index is 0.302. The molecular weight excluding hydrogens is 226 g/mol. The lowest BCUT2D eigenvalue weighted by atomic mass is 10.5. The summed E-state index contributed by atoms with van der Waals surface area (Å²) in [6.45, 7) is -0.125. The van der Waals surface area contributed by atoms with Crippen LogP contribution in [0.1, 0.15) is 13.8 Å². The molecule has 0 saturated heterocycles. The Labute approximate surface area is 81.1 Å². The van der Waals surface area contributed by atoms with E-state index in [2.05, 4.69) is 16.3 Å². The van der Waals surface area contributed by atoms with E-state index in [1.807, 2.05) is 0 Å². The van der Waals surface area contributed by atoms with E-state index in [1.165, 1.54) is 0 Å². The fourth-order valence-corrected chi connectivity index (χ4v) is 2.36. The first-order chi connectivity index (χ1) is 5.37. The average molecular weight is 237 g/mol. The van der Waals surface area contributed by atoms with E-state index in [0.717, 1.165) is 0 Å². The standard InChI is InChI=1S/C5H11ClFO3PS/c1-4(2)9-11(8,12)10-5(7)3-6/h4-5H,3H2,1-2H3,(H,8,12). The molecule has 0 bridgehead atoms. The summed E-state index contributed by atoms with van der Waals surface area (Å²) in [5.41, 5.74) is 0. The second-order valence-corrected chi connectivity index (χ2v) is 5.34. The van der Waals surface area contributed by atoms with Crippen LogP contribution in [-0.4, -0.2) is 23.2 Å². The zero-order valence-corrected chi connectivity index (χ0v) is 9.20. The van der Waals surface area contributed by atoms with Crippen molar-refractivity contribution in [1.29, 1.82) is 0 Å². The molecule has 0 heterocycles. The summed E-state index contributed by atoms with van der Waals surface area (Å²) in [5, 5.41) is 0. The molecule has 7 heteroatoms. The van der Waals surface area contributed by atoms with Crippen molar-refractivity contribution in [1.82, 2.24) is 0 Å². The fourth-order valence-electron chi connectivity index (χ4n) is 0.464. The van der Waals surface area contributed by atoms with Gasteiger partial charge in [0.2, 0.25) is 6.36 Å². The van der Waals surface area contributed by atoms with Gasteiger partial charge in [-0.3, -0.25) is 4.52 Å². The Balaban J connectivity index is 3.95. The summed E-state index contributed by atoms with van der Waals surface area (Å²) in [7, 11) is 0. The third-order valence-electron chi connectivity index (χ3n) is 0.713. The second-order valence-electron chi connectivity index (χ2n) is 2.29. The van der Waals surface area contributed by atoms with Gasteiger partial charge in [-0.15, -0.1) is 11.6 Å². The van der Waals surface area contributed by atoms with Crippen LogP contribution in [0, 0.1) is 0 Å². The van der Waals surface area contributed by atoms with Crippen molar-refractivity contribution in [2.75, 3.05) is 5.88 Å². The molecule has 0 radical (unpaired) electrons. The van der Waals surface area contributed by atoms with Crippen LogP contribution < -0.4 is 0 Å². The van der Waals surface area contributed by atoms with Gasteiger partial charge in [0.05, 0.1) is 12.0 Å². The van der Waals surface area contributed by atoms with Gasteiger partial charge in [0, 0.05) is 0 Å². The maximum atomic E-state index is 12.4. The fraction of sp³-hybridized carbons (Fsp3) is 1.00. The Bertz CT molecular complexity index is 180. The van der Waals surface area contributed by atoms with Gasteiger partial charge in [0.1, 0.15) is 0 Å². The molecule has 3 nitrogen and oxygen atoms in total. The molecule has 0 aromatic carbocycles. The van der Waals surface area contributed by atoms with Gasteiger partial charge < -0.3 is 9.42 Å². The van der Waals surface area contributed by atoms with Crippen molar-refractivity contribution in [3.05, 3.63) is 0 Å². The lowest BCUT2D eigenvalue weighted by Gasteiger charge is -2.19. The van der Waals surface area contributed by atoms with Crippen LogP contribution in [0.25, 0.3) is 0 Å². The van der Waals surface area contributed by atoms with Gasteiger partial charge in [0.15, 0.2) is 0 Å². The molecule has 2 atom stereocenters. The number of hydrogen-bond donors (Lipinski definition) is 1. The summed E-state index contributed by atoms with van der Waals surface area (Å²) in [6, 6.07) is 0. The van der Waals surface area contributed by atoms with Gasteiger partial charge in [-0.25, -0.2) is 4.39 Å². The van der Waals surface area contributed by atoms with E-state index in [9.17, 15) is 4.39 Å². The summed E-state index contributed by atoms with van der Waals surface area (Å²) < 4.78 is 21.6. The molecule has 1 N–H and O–H groups in total. The van der Waals surface area contributed by atoms with Crippen molar-refractivity contribution in [2.24, 2.45) is 0 Å². The van der Waals surface area contributed by atoms with Crippen LogP contribution in [0.2, 0.25) is 0 Å². The minimum Gasteiger partial charge on any atom is -0.324 e.